The monoisotopic (exact) mass is 402 g/mol. The summed E-state index contributed by atoms with van der Waals surface area (Å²) in [6, 6.07) is 4.09. The molecule has 0 saturated carbocycles. The molecule has 0 radical (unpaired) electrons. The van der Waals surface area contributed by atoms with Crippen molar-refractivity contribution in [2.75, 3.05) is 33.8 Å². The largest absolute Gasteiger partial charge is 0.466 e. The smallest absolute Gasteiger partial charge is 0.309 e. The molecule has 1 aromatic carbocycles. The van der Waals surface area contributed by atoms with E-state index in [-0.39, 0.29) is 33.3 Å². The van der Waals surface area contributed by atoms with Crippen LogP contribution in [0.15, 0.2) is 23.1 Å². The van der Waals surface area contributed by atoms with Crippen LogP contribution < -0.4 is 0 Å². The van der Waals surface area contributed by atoms with Gasteiger partial charge in [0.1, 0.15) is 0 Å². The van der Waals surface area contributed by atoms with Crippen molar-refractivity contribution >= 4 is 33.5 Å². The van der Waals surface area contributed by atoms with Gasteiger partial charge in [-0.2, -0.15) is 0 Å². The van der Waals surface area contributed by atoms with Gasteiger partial charge < -0.3 is 9.64 Å². The van der Waals surface area contributed by atoms with Gasteiger partial charge in [-0.05, 0) is 38.0 Å². The molecule has 0 bridgehead atoms. The van der Waals surface area contributed by atoms with E-state index in [1.165, 1.54) is 32.3 Å². The summed E-state index contributed by atoms with van der Waals surface area (Å²) in [7, 11) is -0.820. The lowest BCUT2D eigenvalue weighted by atomic mass is 9.96. The van der Waals surface area contributed by atoms with Crippen LogP contribution in [0.1, 0.15) is 30.1 Å². The van der Waals surface area contributed by atoms with Crippen LogP contribution in [-0.2, 0) is 19.6 Å². The number of sulfonamides is 1. The van der Waals surface area contributed by atoms with E-state index in [1.807, 2.05) is 0 Å². The van der Waals surface area contributed by atoms with Crippen molar-refractivity contribution in [2.24, 2.45) is 5.92 Å². The van der Waals surface area contributed by atoms with E-state index < -0.39 is 10.0 Å². The zero-order chi connectivity index (χ0) is 19.5. The van der Waals surface area contributed by atoms with E-state index in [4.69, 9.17) is 16.3 Å². The molecule has 0 atom stereocenters. The molecule has 1 aliphatic heterocycles. The minimum absolute atomic E-state index is 0.0108. The number of halogens is 1. The maximum absolute atomic E-state index is 12.8. The highest BCUT2D eigenvalue weighted by molar-refractivity contribution is 7.89. The Labute approximate surface area is 158 Å². The quantitative estimate of drug-likeness (QED) is 0.703. The molecule has 1 heterocycles. The molecule has 2 rings (SSSR count). The van der Waals surface area contributed by atoms with Crippen LogP contribution in [0.5, 0.6) is 0 Å². The Balaban J connectivity index is 2.17. The molecule has 9 heteroatoms. The Morgan fingerprint density at radius 3 is 2.42 bits per heavy atom. The molecule has 1 aromatic rings. The molecule has 1 fully saturated rings. The molecule has 26 heavy (non-hydrogen) atoms. The summed E-state index contributed by atoms with van der Waals surface area (Å²) in [6.45, 7) is 2.88. The van der Waals surface area contributed by atoms with Gasteiger partial charge in [-0.3, -0.25) is 9.59 Å². The molecule has 1 amide bonds. The van der Waals surface area contributed by atoms with Crippen molar-refractivity contribution in [3.8, 4) is 0 Å². The minimum Gasteiger partial charge on any atom is -0.466 e. The Hall–Kier alpha value is -1.64. The van der Waals surface area contributed by atoms with Crippen LogP contribution >= 0.6 is 11.6 Å². The molecule has 1 aliphatic rings. The SMILES string of the molecule is CCOC(=O)C1CCN(C(=O)c2cc(S(=O)(=O)N(C)C)ccc2Cl)CC1. The van der Waals surface area contributed by atoms with Gasteiger partial charge in [0, 0.05) is 27.2 Å². The first-order chi connectivity index (χ1) is 12.2. The second-order valence-electron chi connectivity index (χ2n) is 6.25. The zero-order valence-corrected chi connectivity index (χ0v) is 16.6. The number of piperidine rings is 1. The highest BCUT2D eigenvalue weighted by Crippen LogP contribution is 2.26. The van der Waals surface area contributed by atoms with Gasteiger partial charge in [-0.25, -0.2) is 12.7 Å². The summed E-state index contributed by atoms with van der Waals surface area (Å²) < 4.78 is 30.7. The van der Waals surface area contributed by atoms with Gasteiger partial charge >= 0.3 is 5.97 Å². The third kappa shape index (κ3) is 4.36. The van der Waals surface area contributed by atoms with E-state index in [0.717, 1.165) is 4.31 Å². The first-order valence-corrected chi connectivity index (χ1v) is 10.2. The van der Waals surface area contributed by atoms with Gasteiger partial charge in [-0.15, -0.1) is 0 Å². The van der Waals surface area contributed by atoms with Gasteiger partial charge in [0.05, 0.1) is 28.0 Å². The van der Waals surface area contributed by atoms with Crippen molar-refractivity contribution in [2.45, 2.75) is 24.7 Å². The number of ether oxygens (including phenoxy) is 1. The molecule has 0 aliphatic carbocycles. The van der Waals surface area contributed by atoms with Gasteiger partial charge in [0.15, 0.2) is 0 Å². The number of hydrogen-bond donors (Lipinski definition) is 0. The summed E-state index contributed by atoms with van der Waals surface area (Å²) in [6.07, 6.45) is 1.02. The Morgan fingerprint density at radius 1 is 1.27 bits per heavy atom. The summed E-state index contributed by atoms with van der Waals surface area (Å²) in [4.78, 5) is 26.2. The lowest BCUT2D eigenvalue weighted by Gasteiger charge is -2.31. The van der Waals surface area contributed by atoms with Crippen LogP contribution in [0.3, 0.4) is 0 Å². The fourth-order valence-corrected chi connectivity index (χ4v) is 3.92. The van der Waals surface area contributed by atoms with Gasteiger partial charge in [0.25, 0.3) is 5.91 Å². The van der Waals surface area contributed by atoms with E-state index in [2.05, 4.69) is 0 Å². The summed E-state index contributed by atoms with van der Waals surface area (Å²) in [5.41, 5.74) is 0.143. The highest BCUT2D eigenvalue weighted by Gasteiger charge is 2.30. The van der Waals surface area contributed by atoms with Crippen LogP contribution in [-0.4, -0.2) is 63.3 Å². The number of hydrogen-bond acceptors (Lipinski definition) is 5. The number of amides is 1. The predicted molar refractivity (Wildman–Crippen MR) is 97.6 cm³/mol. The fraction of sp³-hybridized carbons (Fsp3) is 0.529. The third-order valence-corrected chi connectivity index (χ3v) is 6.49. The molecule has 0 aromatic heterocycles. The predicted octanol–water partition coefficient (Wildman–Crippen LogP) is 2.01. The van der Waals surface area contributed by atoms with E-state index in [1.54, 1.807) is 11.8 Å². The number of esters is 1. The molecular formula is C17H23ClN2O5S. The zero-order valence-electron chi connectivity index (χ0n) is 15.1. The van der Waals surface area contributed by atoms with Crippen LogP contribution in [0, 0.1) is 5.92 Å². The van der Waals surface area contributed by atoms with Crippen molar-refractivity contribution < 1.29 is 22.7 Å². The topological polar surface area (TPSA) is 84.0 Å². The van der Waals surface area contributed by atoms with E-state index in [0.29, 0.717) is 32.5 Å². The number of rotatable bonds is 5. The maximum Gasteiger partial charge on any atom is 0.309 e. The lowest BCUT2D eigenvalue weighted by molar-refractivity contribution is -0.149. The number of benzene rings is 1. The summed E-state index contributed by atoms with van der Waals surface area (Å²) in [5.74, 6) is -0.792. The summed E-state index contributed by atoms with van der Waals surface area (Å²) >= 11 is 6.13. The Bertz CT molecular complexity index is 786. The van der Waals surface area contributed by atoms with Crippen molar-refractivity contribution in [3.05, 3.63) is 28.8 Å². The number of likely N-dealkylation sites (tertiary alicyclic amines) is 1. The Kier molecular flexibility index (Phi) is 6.65. The molecule has 1 saturated heterocycles. The second-order valence-corrected chi connectivity index (χ2v) is 8.81. The normalized spacial score (nSPS) is 16.0. The molecule has 0 spiro atoms. The van der Waals surface area contributed by atoms with Crippen LogP contribution in [0.4, 0.5) is 0 Å². The average molecular weight is 403 g/mol. The molecule has 0 N–H and O–H groups in total. The third-order valence-electron chi connectivity index (χ3n) is 4.35. The minimum atomic E-state index is -3.66. The molecular weight excluding hydrogens is 380 g/mol. The fourth-order valence-electron chi connectivity index (χ4n) is 2.79. The lowest BCUT2D eigenvalue weighted by Crippen LogP contribution is -2.40. The van der Waals surface area contributed by atoms with Crippen LogP contribution in [0.2, 0.25) is 5.02 Å². The van der Waals surface area contributed by atoms with E-state index in [9.17, 15) is 18.0 Å². The van der Waals surface area contributed by atoms with E-state index >= 15 is 0 Å². The first-order valence-electron chi connectivity index (χ1n) is 8.36. The van der Waals surface area contributed by atoms with Gasteiger partial charge in [-0.1, -0.05) is 11.6 Å². The average Bonchev–Trinajstić information content (AvgIpc) is 2.61. The Morgan fingerprint density at radius 2 is 1.88 bits per heavy atom. The maximum atomic E-state index is 12.8. The number of carbonyl (C=O) groups excluding carboxylic acids is 2. The standard InChI is InChI=1S/C17H23ClN2O5S/c1-4-25-17(22)12-7-9-20(10-8-12)16(21)14-11-13(5-6-15(14)18)26(23,24)19(2)3/h5-6,11-12H,4,7-10H2,1-3H3. The number of nitrogens with zero attached hydrogens (tertiary/aromatic N) is 2. The van der Waals surface area contributed by atoms with Gasteiger partial charge in [0.2, 0.25) is 10.0 Å². The van der Waals surface area contributed by atoms with Crippen molar-refractivity contribution in [3.63, 3.8) is 0 Å². The van der Waals surface area contributed by atoms with Crippen molar-refractivity contribution in [1.82, 2.24) is 9.21 Å². The van der Waals surface area contributed by atoms with Crippen molar-refractivity contribution in [1.29, 1.82) is 0 Å². The second kappa shape index (κ2) is 8.37. The van der Waals surface area contributed by atoms with Crippen LogP contribution in [0.25, 0.3) is 0 Å². The molecule has 144 valence electrons. The number of carbonyl (C=O) groups is 2. The highest BCUT2D eigenvalue weighted by atomic mass is 35.5. The summed E-state index contributed by atoms with van der Waals surface area (Å²) in [5, 5.41) is 0.195. The molecule has 7 nitrogen and oxygen atoms in total. The molecule has 0 unspecified atom stereocenters. The first kappa shape index (κ1) is 20.7.